The second-order valence-electron chi connectivity index (χ2n) is 6.18. The zero-order valence-electron chi connectivity index (χ0n) is 15.5. The summed E-state index contributed by atoms with van der Waals surface area (Å²) < 4.78 is 7.18. The number of benzene rings is 1. The highest BCUT2D eigenvalue weighted by Gasteiger charge is 2.15. The number of hydrogen-bond donors (Lipinski definition) is 1. The zero-order valence-corrected chi connectivity index (χ0v) is 17.0. The average Bonchev–Trinajstić information content (AvgIpc) is 3.23. The van der Waals surface area contributed by atoms with Crippen LogP contribution in [0.5, 0.6) is 11.8 Å². The van der Waals surface area contributed by atoms with Crippen LogP contribution in [0, 0.1) is 0 Å². The molecule has 9 heteroatoms. The van der Waals surface area contributed by atoms with Crippen molar-refractivity contribution >= 4 is 29.1 Å². The lowest BCUT2D eigenvalue weighted by molar-refractivity contribution is 0.0944. The maximum Gasteiger partial charge on any atom is 0.321 e. The summed E-state index contributed by atoms with van der Waals surface area (Å²) in [5.41, 5.74) is 1.32. The third-order valence-corrected chi connectivity index (χ3v) is 4.61. The van der Waals surface area contributed by atoms with Gasteiger partial charge in [-0.25, -0.2) is 15.0 Å². The number of amides is 1. The molecule has 0 radical (unpaired) electrons. The summed E-state index contributed by atoms with van der Waals surface area (Å²) in [7, 11) is 0. The predicted octanol–water partition coefficient (Wildman–Crippen LogP) is 4.69. The number of carbonyl (C=O) groups is 1. The molecule has 0 unspecified atom stereocenters. The van der Waals surface area contributed by atoms with Gasteiger partial charge in [-0.1, -0.05) is 35.3 Å². The minimum absolute atomic E-state index is 0.258. The van der Waals surface area contributed by atoms with Crippen molar-refractivity contribution in [3.05, 3.63) is 94.6 Å². The molecule has 3 aromatic heterocycles. The number of carbonyl (C=O) groups excluding carboxylic acids is 1. The van der Waals surface area contributed by atoms with Crippen molar-refractivity contribution < 1.29 is 9.53 Å². The van der Waals surface area contributed by atoms with Crippen LogP contribution >= 0.6 is 23.2 Å². The maximum atomic E-state index is 12.7. The van der Waals surface area contributed by atoms with Gasteiger partial charge in [-0.15, -0.1) is 0 Å². The minimum atomic E-state index is -0.258. The molecule has 0 atom stereocenters. The molecule has 7 nitrogen and oxygen atoms in total. The first-order valence-electron chi connectivity index (χ1n) is 8.91. The van der Waals surface area contributed by atoms with Crippen LogP contribution in [0.15, 0.2) is 73.3 Å². The van der Waals surface area contributed by atoms with Crippen molar-refractivity contribution in [3.8, 4) is 17.6 Å². The lowest BCUT2D eigenvalue weighted by atomic mass is 10.2. The standard InChI is InChI=1S/C21H15Cl2N5O2/c22-15-11-17(23)19(26-13-15)28-10-1-3-18(28)20(29)27-12-14-4-6-16(7-5-14)30-21-24-8-2-9-25-21/h1-11,13H,12H2,(H,27,29). The van der Waals surface area contributed by atoms with Crippen molar-refractivity contribution in [2.75, 3.05) is 0 Å². The molecule has 3 heterocycles. The zero-order chi connectivity index (χ0) is 20.9. The number of halogens is 2. The van der Waals surface area contributed by atoms with E-state index in [1.54, 1.807) is 59.6 Å². The number of ether oxygens (including phenoxy) is 1. The summed E-state index contributed by atoms with van der Waals surface area (Å²) in [5, 5.41) is 3.67. The summed E-state index contributed by atoms with van der Waals surface area (Å²) in [6, 6.07) is 14.3. The summed E-state index contributed by atoms with van der Waals surface area (Å²) in [4.78, 5) is 24.9. The quantitative estimate of drug-likeness (QED) is 0.471. The van der Waals surface area contributed by atoms with Gasteiger partial charge in [-0.2, -0.15) is 0 Å². The van der Waals surface area contributed by atoms with Crippen LogP contribution in [-0.2, 0) is 6.54 Å². The van der Waals surface area contributed by atoms with Crippen LogP contribution in [-0.4, -0.2) is 25.4 Å². The summed E-state index contributed by atoms with van der Waals surface area (Å²) >= 11 is 12.1. The molecule has 0 saturated carbocycles. The Morgan fingerprint density at radius 2 is 1.80 bits per heavy atom. The Morgan fingerprint density at radius 3 is 2.53 bits per heavy atom. The van der Waals surface area contributed by atoms with E-state index in [1.807, 2.05) is 12.1 Å². The Morgan fingerprint density at radius 1 is 1.03 bits per heavy atom. The van der Waals surface area contributed by atoms with Crippen LogP contribution in [0.1, 0.15) is 16.1 Å². The summed E-state index contributed by atoms with van der Waals surface area (Å²) in [6.45, 7) is 0.341. The van der Waals surface area contributed by atoms with Crippen molar-refractivity contribution in [3.63, 3.8) is 0 Å². The lowest BCUT2D eigenvalue weighted by Gasteiger charge is -2.11. The number of aromatic nitrogens is 4. The van der Waals surface area contributed by atoms with Crippen molar-refractivity contribution in [2.24, 2.45) is 0 Å². The first-order chi connectivity index (χ1) is 14.6. The van der Waals surface area contributed by atoms with Gasteiger partial charge >= 0.3 is 6.01 Å². The van der Waals surface area contributed by atoms with E-state index in [-0.39, 0.29) is 11.9 Å². The number of rotatable bonds is 6. The fourth-order valence-corrected chi connectivity index (χ4v) is 3.20. The Bertz CT molecular complexity index is 1160. The second kappa shape index (κ2) is 8.94. The van der Waals surface area contributed by atoms with Gasteiger partial charge in [-0.05, 0) is 42.0 Å². The van der Waals surface area contributed by atoms with Crippen LogP contribution in [0.25, 0.3) is 5.82 Å². The summed E-state index contributed by atoms with van der Waals surface area (Å²) in [6.07, 6.45) is 6.41. The molecule has 1 aromatic carbocycles. The van der Waals surface area contributed by atoms with E-state index in [0.29, 0.717) is 33.9 Å². The molecule has 0 saturated heterocycles. The average molecular weight is 440 g/mol. The Balaban J connectivity index is 1.41. The highest BCUT2D eigenvalue weighted by atomic mass is 35.5. The Labute approximate surface area is 182 Å². The van der Waals surface area contributed by atoms with E-state index in [9.17, 15) is 4.79 Å². The number of pyridine rings is 1. The molecule has 0 bridgehead atoms. The highest BCUT2D eigenvalue weighted by Crippen LogP contribution is 2.23. The second-order valence-corrected chi connectivity index (χ2v) is 7.03. The van der Waals surface area contributed by atoms with Crippen LogP contribution < -0.4 is 10.1 Å². The molecule has 0 spiro atoms. The normalized spacial score (nSPS) is 10.6. The molecule has 150 valence electrons. The molecule has 0 aliphatic rings. The fraction of sp³-hybridized carbons (Fsp3) is 0.0476. The first-order valence-corrected chi connectivity index (χ1v) is 9.66. The maximum absolute atomic E-state index is 12.7. The Hall–Kier alpha value is -3.42. The van der Waals surface area contributed by atoms with Gasteiger partial charge in [0.05, 0.1) is 10.0 Å². The van der Waals surface area contributed by atoms with E-state index < -0.39 is 0 Å². The molecule has 1 amide bonds. The van der Waals surface area contributed by atoms with Crippen LogP contribution in [0.2, 0.25) is 10.0 Å². The van der Waals surface area contributed by atoms with Gasteiger partial charge in [0.25, 0.3) is 5.91 Å². The third-order valence-electron chi connectivity index (χ3n) is 4.13. The van der Waals surface area contributed by atoms with Crippen LogP contribution in [0.4, 0.5) is 0 Å². The fourth-order valence-electron chi connectivity index (χ4n) is 2.73. The van der Waals surface area contributed by atoms with E-state index in [4.69, 9.17) is 27.9 Å². The van der Waals surface area contributed by atoms with Gasteiger partial charge in [-0.3, -0.25) is 9.36 Å². The van der Waals surface area contributed by atoms with Crippen molar-refractivity contribution in [2.45, 2.75) is 6.54 Å². The minimum Gasteiger partial charge on any atom is -0.424 e. The molecule has 4 aromatic rings. The van der Waals surface area contributed by atoms with Gasteiger partial charge < -0.3 is 10.1 Å². The van der Waals surface area contributed by atoms with Gasteiger partial charge in [0.2, 0.25) is 0 Å². The molecule has 0 fully saturated rings. The van der Waals surface area contributed by atoms with E-state index in [2.05, 4.69) is 20.3 Å². The largest absolute Gasteiger partial charge is 0.424 e. The van der Waals surface area contributed by atoms with E-state index in [1.165, 1.54) is 6.20 Å². The molecule has 0 aliphatic heterocycles. The van der Waals surface area contributed by atoms with Crippen LogP contribution in [0.3, 0.4) is 0 Å². The molecule has 30 heavy (non-hydrogen) atoms. The third kappa shape index (κ3) is 4.59. The number of hydrogen-bond acceptors (Lipinski definition) is 5. The molecule has 4 rings (SSSR count). The van der Waals surface area contributed by atoms with Gasteiger partial charge in [0, 0.05) is 31.3 Å². The highest BCUT2D eigenvalue weighted by molar-refractivity contribution is 6.35. The molecular weight excluding hydrogens is 425 g/mol. The Kier molecular flexibility index (Phi) is 5.92. The van der Waals surface area contributed by atoms with Crippen molar-refractivity contribution in [1.82, 2.24) is 24.8 Å². The molecular formula is C21H15Cl2N5O2. The van der Waals surface area contributed by atoms with Crippen molar-refractivity contribution in [1.29, 1.82) is 0 Å². The SMILES string of the molecule is O=C(NCc1ccc(Oc2ncccn2)cc1)c1cccn1-c1ncc(Cl)cc1Cl. The summed E-state index contributed by atoms with van der Waals surface area (Å²) in [5.74, 6) is 0.778. The van der Waals surface area contributed by atoms with Gasteiger partial charge in [0.15, 0.2) is 5.82 Å². The number of nitrogens with zero attached hydrogens (tertiary/aromatic N) is 4. The molecule has 0 aliphatic carbocycles. The smallest absolute Gasteiger partial charge is 0.321 e. The van der Waals surface area contributed by atoms with Gasteiger partial charge in [0.1, 0.15) is 11.4 Å². The lowest BCUT2D eigenvalue weighted by Crippen LogP contribution is -2.25. The monoisotopic (exact) mass is 439 g/mol. The topological polar surface area (TPSA) is 81.9 Å². The predicted molar refractivity (Wildman–Crippen MR) is 113 cm³/mol. The number of nitrogens with one attached hydrogen (secondary N) is 1. The van der Waals surface area contributed by atoms with E-state index in [0.717, 1.165) is 5.56 Å². The van der Waals surface area contributed by atoms with E-state index >= 15 is 0 Å². The first kappa shape index (κ1) is 19.9. The molecule has 1 N–H and O–H groups in total.